The summed E-state index contributed by atoms with van der Waals surface area (Å²) in [5, 5.41) is 3.61. The fourth-order valence-electron chi connectivity index (χ4n) is 3.36. The Morgan fingerprint density at radius 1 is 1.35 bits per heavy atom. The molecule has 0 saturated heterocycles. The van der Waals surface area contributed by atoms with Gasteiger partial charge in [-0.15, -0.1) is 0 Å². The normalized spacial score (nSPS) is 23.4. The van der Waals surface area contributed by atoms with Gasteiger partial charge in [-0.05, 0) is 24.7 Å². The van der Waals surface area contributed by atoms with Crippen molar-refractivity contribution in [3.63, 3.8) is 0 Å². The maximum atomic E-state index is 5.88. The molecule has 0 amide bonds. The third-order valence-corrected chi connectivity index (χ3v) is 4.39. The van der Waals surface area contributed by atoms with Crippen molar-refractivity contribution in [1.82, 2.24) is 14.4 Å². The van der Waals surface area contributed by atoms with Gasteiger partial charge < -0.3 is 15.5 Å². The minimum Gasteiger partial charge on any atom is -0.382 e. The highest BCUT2D eigenvalue weighted by atomic mass is 15.1. The first-order valence-electron chi connectivity index (χ1n) is 7.51. The number of anilines is 2. The van der Waals surface area contributed by atoms with Gasteiger partial charge in [0, 0.05) is 18.4 Å². The Bertz CT molecular complexity index is 589. The fourth-order valence-corrected chi connectivity index (χ4v) is 3.36. The van der Waals surface area contributed by atoms with Gasteiger partial charge in [0.25, 0.3) is 0 Å². The highest BCUT2D eigenvalue weighted by molar-refractivity contribution is 5.65. The topological polar surface area (TPSA) is 68.2 Å². The quantitative estimate of drug-likeness (QED) is 0.902. The first-order chi connectivity index (χ1) is 9.65. The highest BCUT2D eigenvalue weighted by Crippen LogP contribution is 2.32. The lowest BCUT2D eigenvalue weighted by molar-refractivity contribution is 0.253. The number of imidazole rings is 1. The smallest absolute Gasteiger partial charge is 0.180 e. The van der Waals surface area contributed by atoms with E-state index in [1.807, 2.05) is 10.6 Å². The summed E-state index contributed by atoms with van der Waals surface area (Å²) < 4.78 is 1.93. The number of nitrogen functional groups attached to an aromatic ring is 1. The molecule has 3 N–H and O–H groups in total. The molecule has 1 aliphatic carbocycles. The zero-order valence-electron chi connectivity index (χ0n) is 12.2. The van der Waals surface area contributed by atoms with Crippen molar-refractivity contribution >= 4 is 17.3 Å². The van der Waals surface area contributed by atoms with Gasteiger partial charge in [-0.3, -0.25) is 0 Å². The summed E-state index contributed by atoms with van der Waals surface area (Å²) in [6.45, 7) is 4.62. The molecule has 2 aromatic rings. The molecule has 108 valence electrons. The van der Waals surface area contributed by atoms with Crippen molar-refractivity contribution in [2.45, 2.75) is 45.6 Å². The maximum absolute atomic E-state index is 5.88. The molecule has 1 saturated carbocycles. The molecule has 2 aromatic heterocycles. The van der Waals surface area contributed by atoms with Gasteiger partial charge in [0.15, 0.2) is 11.5 Å². The van der Waals surface area contributed by atoms with Gasteiger partial charge in [-0.2, -0.15) is 0 Å². The van der Waals surface area contributed by atoms with E-state index in [1.165, 1.54) is 25.7 Å². The number of hydrogen-bond donors (Lipinski definition) is 2. The SMILES string of the molecule is CC(C)C1CCCCC1Nc1nc(N)cn2ccnc12. The molecule has 0 aromatic carbocycles. The lowest BCUT2D eigenvalue weighted by Gasteiger charge is -2.35. The molecule has 3 rings (SSSR count). The number of nitrogens with one attached hydrogen (secondary N) is 1. The van der Waals surface area contributed by atoms with Gasteiger partial charge in [0.1, 0.15) is 5.82 Å². The average molecular weight is 273 g/mol. The molecule has 0 aliphatic heterocycles. The monoisotopic (exact) mass is 273 g/mol. The van der Waals surface area contributed by atoms with Crippen LogP contribution >= 0.6 is 0 Å². The van der Waals surface area contributed by atoms with Crippen LogP contribution in [-0.4, -0.2) is 20.4 Å². The van der Waals surface area contributed by atoms with Crippen LogP contribution in [0.5, 0.6) is 0 Å². The van der Waals surface area contributed by atoms with E-state index in [0.717, 1.165) is 11.5 Å². The molecular weight excluding hydrogens is 250 g/mol. The summed E-state index contributed by atoms with van der Waals surface area (Å²) in [4.78, 5) is 8.82. The molecule has 0 radical (unpaired) electrons. The van der Waals surface area contributed by atoms with Gasteiger partial charge in [0.05, 0.1) is 6.20 Å². The largest absolute Gasteiger partial charge is 0.382 e. The Morgan fingerprint density at radius 2 is 2.15 bits per heavy atom. The third kappa shape index (κ3) is 2.44. The summed E-state index contributed by atoms with van der Waals surface area (Å²) in [7, 11) is 0. The van der Waals surface area contributed by atoms with Crippen LogP contribution < -0.4 is 11.1 Å². The zero-order valence-corrected chi connectivity index (χ0v) is 12.2. The molecule has 2 heterocycles. The molecule has 1 aliphatic rings. The summed E-state index contributed by atoms with van der Waals surface area (Å²) >= 11 is 0. The van der Waals surface area contributed by atoms with Crippen LogP contribution in [0.4, 0.5) is 11.6 Å². The summed E-state index contributed by atoms with van der Waals surface area (Å²) in [6, 6.07) is 0.471. The number of hydrogen-bond acceptors (Lipinski definition) is 4. The molecule has 1 fully saturated rings. The van der Waals surface area contributed by atoms with Gasteiger partial charge in [-0.25, -0.2) is 9.97 Å². The van der Waals surface area contributed by atoms with Crippen LogP contribution in [0.15, 0.2) is 18.6 Å². The van der Waals surface area contributed by atoms with Crippen LogP contribution in [0.1, 0.15) is 39.5 Å². The predicted octanol–water partition coefficient (Wildman–Crippen LogP) is 2.94. The van der Waals surface area contributed by atoms with Crippen LogP contribution in [0.25, 0.3) is 5.65 Å². The first-order valence-corrected chi connectivity index (χ1v) is 7.51. The van der Waals surface area contributed by atoms with E-state index >= 15 is 0 Å². The van der Waals surface area contributed by atoms with E-state index in [1.54, 1.807) is 12.4 Å². The Hall–Kier alpha value is -1.78. The van der Waals surface area contributed by atoms with Gasteiger partial charge in [-0.1, -0.05) is 26.7 Å². The molecule has 2 unspecified atom stereocenters. The molecule has 2 atom stereocenters. The molecule has 0 bridgehead atoms. The van der Waals surface area contributed by atoms with Crippen LogP contribution in [-0.2, 0) is 0 Å². The van der Waals surface area contributed by atoms with Gasteiger partial charge >= 0.3 is 0 Å². The lowest BCUT2D eigenvalue weighted by atomic mass is 9.78. The Morgan fingerprint density at radius 3 is 2.95 bits per heavy atom. The van der Waals surface area contributed by atoms with Crippen LogP contribution in [0.2, 0.25) is 0 Å². The average Bonchev–Trinajstić information content (AvgIpc) is 2.87. The second kappa shape index (κ2) is 5.31. The number of rotatable bonds is 3. The summed E-state index contributed by atoms with van der Waals surface area (Å²) in [5.74, 6) is 2.72. The van der Waals surface area contributed by atoms with E-state index < -0.39 is 0 Å². The molecule has 20 heavy (non-hydrogen) atoms. The van der Waals surface area contributed by atoms with E-state index in [4.69, 9.17) is 5.73 Å². The standard InChI is InChI=1S/C15H23N5/c1-10(2)11-5-3-4-6-12(11)18-14-15-17-7-8-20(15)9-13(16)19-14/h7-12H,3-6,16H2,1-2H3,(H,18,19). The van der Waals surface area contributed by atoms with Crippen molar-refractivity contribution < 1.29 is 0 Å². The van der Waals surface area contributed by atoms with Crippen molar-refractivity contribution in [3.05, 3.63) is 18.6 Å². The number of nitrogens with two attached hydrogens (primary N) is 1. The van der Waals surface area contributed by atoms with E-state index in [0.29, 0.717) is 23.7 Å². The Kier molecular flexibility index (Phi) is 3.51. The lowest BCUT2D eigenvalue weighted by Crippen LogP contribution is -2.35. The highest BCUT2D eigenvalue weighted by Gasteiger charge is 2.28. The number of nitrogens with zero attached hydrogens (tertiary/aromatic N) is 3. The third-order valence-electron chi connectivity index (χ3n) is 4.39. The second-order valence-electron chi connectivity index (χ2n) is 6.12. The first kappa shape index (κ1) is 13.2. The van der Waals surface area contributed by atoms with E-state index in [2.05, 4.69) is 29.1 Å². The molecular formula is C15H23N5. The van der Waals surface area contributed by atoms with Crippen molar-refractivity contribution in [3.8, 4) is 0 Å². The van der Waals surface area contributed by atoms with Crippen LogP contribution in [0, 0.1) is 11.8 Å². The van der Waals surface area contributed by atoms with E-state index in [-0.39, 0.29) is 0 Å². The minimum atomic E-state index is 0.471. The van der Waals surface area contributed by atoms with Crippen molar-refractivity contribution in [2.24, 2.45) is 11.8 Å². The molecule has 0 spiro atoms. The molecule has 5 nitrogen and oxygen atoms in total. The maximum Gasteiger partial charge on any atom is 0.180 e. The minimum absolute atomic E-state index is 0.471. The predicted molar refractivity (Wildman–Crippen MR) is 81.6 cm³/mol. The summed E-state index contributed by atoms with van der Waals surface area (Å²) in [5.41, 5.74) is 6.74. The van der Waals surface area contributed by atoms with E-state index in [9.17, 15) is 0 Å². The zero-order chi connectivity index (χ0) is 14.1. The fraction of sp³-hybridized carbons (Fsp3) is 0.600. The Labute approximate surface area is 119 Å². The van der Waals surface area contributed by atoms with Crippen molar-refractivity contribution in [1.29, 1.82) is 0 Å². The second-order valence-corrected chi connectivity index (χ2v) is 6.12. The van der Waals surface area contributed by atoms with Crippen molar-refractivity contribution in [2.75, 3.05) is 11.1 Å². The number of aromatic nitrogens is 3. The molecule has 5 heteroatoms. The van der Waals surface area contributed by atoms with Crippen LogP contribution in [0.3, 0.4) is 0 Å². The van der Waals surface area contributed by atoms with Gasteiger partial charge in [0.2, 0.25) is 0 Å². The number of fused-ring (bicyclic) bond motifs is 1. The Balaban J connectivity index is 1.89. The summed E-state index contributed by atoms with van der Waals surface area (Å²) in [6.07, 6.45) is 10.6.